The van der Waals surface area contributed by atoms with Gasteiger partial charge < -0.3 is 10.0 Å². The van der Waals surface area contributed by atoms with Crippen molar-refractivity contribution in [2.24, 2.45) is 0 Å². The summed E-state index contributed by atoms with van der Waals surface area (Å²) in [6, 6.07) is 0.0423. The molecule has 1 aliphatic rings. The van der Waals surface area contributed by atoms with Crippen LogP contribution < -0.4 is 0 Å². The Morgan fingerprint density at radius 2 is 2.42 bits per heavy atom. The SMILES string of the molecule is O=C(CCCl)N1CCC[C@H]1CO. The van der Waals surface area contributed by atoms with Crippen LogP contribution in [0.1, 0.15) is 19.3 Å². The summed E-state index contributed by atoms with van der Waals surface area (Å²) in [5.74, 6) is 0.439. The first-order chi connectivity index (χ1) is 5.79. The molecule has 1 N–H and O–H groups in total. The topological polar surface area (TPSA) is 40.5 Å². The highest BCUT2D eigenvalue weighted by Crippen LogP contribution is 2.17. The lowest BCUT2D eigenvalue weighted by molar-refractivity contribution is -0.132. The Hall–Kier alpha value is -0.280. The van der Waals surface area contributed by atoms with E-state index in [4.69, 9.17) is 16.7 Å². The highest BCUT2D eigenvalue weighted by molar-refractivity contribution is 6.18. The minimum Gasteiger partial charge on any atom is -0.394 e. The number of aliphatic hydroxyl groups is 1. The van der Waals surface area contributed by atoms with Crippen molar-refractivity contribution >= 4 is 17.5 Å². The van der Waals surface area contributed by atoms with Crippen LogP contribution in [0.3, 0.4) is 0 Å². The van der Waals surface area contributed by atoms with E-state index in [1.165, 1.54) is 0 Å². The average molecular weight is 192 g/mol. The number of aliphatic hydroxyl groups excluding tert-OH is 1. The number of halogens is 1. The van der Waals surface area contributed by atoms with Gasteiger partial charge in [0.05, 0.1) is 12.6 Å². The first-order valence-corrected chi connectivity index (χ1v) is 4.79. The van der Waals surface area contributed by atoms with Gasteiger partial charge in [-0.05, 0) is 12.8 Å². The highest BCUT2D eigenvalue weighted by atomic mass is 35.5. The lowest BCUT2D eigenvalue weighted by atomic mass is 10.2. The normalized spacial score (nSPS) is 23.2. The molecule has 0 saturated carbocycles. The Morgan fingerprint density at radius 1 is 1.67 bits per heavy atom. The van der Waals surface area contributed by atoms with Gasteiger partial charge in [0.1, 0.15) is 0 Å². The van der Waals surface area contributed by atoms with Crippen molar-refractivity contribution in [2.75, 3.05) is 19.0 Å². The summed E-state index contributed by atoms with van der Waals surface area (Å²) < 4.78 is 0. The highest BCUT2D eigenvalue weighted by Gasteiger charge is 2.26. The lowest BCUT2D eigenvalue weighted by Gasteiger charge is -2.22. The van der Waals surface area contributed by atoms with Crippen LogP contribution in [-0.2, 0) is 4.79 Å². The molecule has 0 aliphatic carbocycles. The van der Waals surface area contributed by atoms with Crippen LogP contribution in [0.15, 0.2) is 0 Å². The van der Waals surface area contributed by atoms with Crippen molar-refractivity contribution < 1.29 is 9.90 Å². The Morgan fingerprint density at radius 3 is 3.00 bits per heavy atom. The van der Waals surface area contributed by atoms with E-state index >= 15 is 0 Å². The second-order valence-corrected chi connectivity index (χ2v) is 3.38. The monoisotopic (exact) mass is 191 g/mol. The maximum absolute atomic E-state index is 11.3. The van der Waals surface area contributed by atoms with Gasteiger partial charge >= 0.3 is 0 Å². The van der Waals surface area contributed by atoms with Crippen molar-refractivity contribution in [2.45, 2.75) is 25.3 Å². The molecule has 1 amide bonds. The van der Waals surface area contributed by atoms with Gasteiger partial charge in [-0.1, -0.05) is 0 Å². The van der Waals surface area contributed by atoms with Crippen LogP contribution in [-0.4, -0.2) is 41.0 Å². The lowest BCUT2D eigenvalue weighted by Crippen LogP contribution is -2.37. The third-order valence-electron chi connectivity index (χ3n) is 2.22. The summed E-state index contributed by atoms with van der Waals surface area (Å²) in [6.45, 7) is 0.856. The summed E-state index contributed by atoms with van der Waals surface area (Å²) >= 11 is 5.46. The summed E-state index contributed by atoms with van der Waals surface area (Å²) in [6.07, 6.45) is 2.31. The van der Waals surface area contributed by atoms with E-state index in [-0.39, 0.29) is 18.6 Å². The zero-order valence-corrected chi connectivity index (χ0v) is 7.76. The molecule has 70 valence electrons. The van der Waals surface area contributed by atoms with Crippen LogP contribution in [0.4, 0.5) is 0 Å². The fraction of sp³-hybridized carbons (Fsp3) is 0.875. The molecule has 0 radical (unpaired) electrons. The number of hydrogen-bond acceptors (Lipinski definition) is 2. The molecular weight excluding hydrogens is 178 g/mol. The molecular formula is C8H14ClNO2. The fourth-order valence-corrected chi connectivity index (χ4v) is 1.74. The zero-order valence-electron chi connectivity index (χ0n) is 7.00. The van der Waals surface area contributed by atoms with Gasteiger partial charge in [-0.3, -0.25) is 4.79 Å². The molecule has 12 heavy (non-hydrogen) atoms. The smallest absolute Gasteiger partial charge is 0.224 e. The first-order valence-electron chi connectivity index (χ1n) is 4.26. The predicted octanol–water partition coefficient (Wildman–Crippen LogP) is 0.599. The first kappa shape index (κ1) is 9.81. The predicted molar refractivity (Wildman–Crippen MR) is 47.2 cm³/mol. The van der Waals surface area contributed by atoms with Crippen LogP contribution >= 0.6 is 11.6 Å². The molecule has 0 unspecified atom stereocenters. The van der Waals surface area contributed by atoms with Crippen molar-refractivity contribution in [3.05, 3.63) is 0 Å². The third-order valence-corrected chi connectivity index (χ3v) is 2.41. The number of amides is 1. The second kappa shape index (κ2) is 4.67. The molecule has 0 aromatic carbocycles. The van der Waals surface area contributed by atoms with E-state index in [9.17, 15) is 4.79 Å². The van der Waals surface area contributed by atoms with Gasteiger partial charge in [-0.2, -0.15) is 0 Å². The molecule has 1 fully saturated rings. The molecule has 0 aromatic heterocycles. The van der Waals surface area contributed by atoms with E-state index in [0.29, 0.717) is 12.3 Å². The minimum absolute atomic E-state index is 0.0423. The van der Waals surface area contributed by atoms with Crippen LogP contribution in [0.25, 0.3) is 0 Å². The van der Waals surface area contributed by atoms with Gasteiger partial charge in [0, 0.05) is 18.8 Å². The van der Waals surface area contributed by atoms with Gasteiger partial charge in [-0.15, -0.1) is 11.6 Å². The third kappa shape index (κ3) is 2.11. The number of rotatable bonds is 3. The molecule has 4 heteroatoms. The Kier molecular flexibility index (Phi) is 3.82. The standard InChI is InChI=1S/C8H14ClNO2/c9-4-3-8(12)10-5-1-2-7(10)6-11/h7,11H,1-6H2/t7-/m0/s1. The van der Waals surface area contributed by atoms with Crippen LogP contribution in [0.5, 0.6) is 0 Å². The summed E-state index contributed by atoms with van der Waals surface area (Å²) in [5.41, 5.74) is 0. The van der Waals surface area contributed by atoms with Crippen molar-refractivity contribution in [1.82, 2.24) is 4.90 Å². The quantitative estimate of drug-likeness (QED) is 0.664. The maximum Gasteiger partial charge on any atom is 0.224 e. The molecule has 3 nitrogen and oxygen atoms in total. The number of likely N-dealkylation sites (tertiary alicyclic amines) is 1. The molecule has 1 aliphatic heterocycles. The molecule has 1 atom stereocenters. The van der Waals surface area contributed by atoms with E-state index in [2.05, 4.69) is 0 Å². The van der Waals surface area contributed by atoms with E-state index in [1.807, 2.05) is 0 Å². The Labute approximate surface area is 77.3 Å². The van der Waals surface area contributed by atoms with E-state index < -0.39 is 0 Å². The number of nitrogens with zero attached hydrogens (tertiary/aromatic N) is 1. The molecule has 1 rings (SSSR count). The van der Waals surface area contributed by atoms with Gasteiger partial charge in [0.25, 0.3) is 0 Å². The van der Waals surface area contributed by atoms with Gasteiger partial charge in [0.2, 0.25) is 5.91 Å². The molecule has 0 spiro atoms. The molecule has 0 aromatic rings. The molecule has 1 heterocycles. The number of carbonyl (C=O) groups is 1. The van der Waals surface area contributed by atoms with Crippen LogP contribution in [0, 0.1) is 0 Å². The fourth-order valence-electron chi connectivity index (χ4n) is 1.58. The van der Waals surface area contributed by atoms with E-state index in [1.54, 1.807) is 4.90 Å². The minimum atomic E-state index is 0.0423. The number of hydrogen-bond donors (Lipinski definition) is 1. The average Bonchev–Trinajstić information content (AvgIpc) is 2.51. The van der Waals surface area contributed by atoms with Gasteiger partial charge in [-0.25, -0.2) is 0 Å². The zero-order chi connectivity index (χ0) is 8.97. The van der Waals surface area contributed by atoms with E-state index in [0.717, 1.165) is 19.4 Å². The van der Waals surface area contributed by atoms with Gasteiger partial charge in [0.15, 0.2) is 0 Å². The summed E-state index contributed by atoms with van der Waals surface area (Å²) in [7, 11) is 0. The summed E-state index contributed by atoms with van der Waals surface area (Å²) in [5, 5.41) is 8.93. The van der Waals surface area contributed by atoms with Crippen molar-refractivity contribution in [3.63, 3.8) is 0 Å². The number of alkyl halides is 1. The summed E-state index contributed by atoms with van der Waals surface area (Å²) in [4.78, 5) is 13.1. The molecule has 0 bridgehead atoms. The maximum atomic E-state index is 11.3. The van der Waals surface area contributed by atoms with Crippen molar-refractivity contribution in [3.8, 4) is 0 Å². The molecule has 1 saturated heterocycles. The Balaban J connectivity index is 2.43. The Bertz CT molecular complexity index is 163. The second-order valence-electron chi connectivity index (χ2n) is 3.00. The van der Waals surface area contributed by atoms with Crippen molar-refractivity contribution in [1.29, 1.82) is 0 Å². The number of carbonyl (C=O) groups excluding carboxylic acids is 1. The van der Waals surface area contributed by atoms with Crippen LogP contribution in [0.2, 0.25) is 0 Å². The largest absolute Gasteiger partial charge is 0.394 e.